The van der Waals surface area contributed by atoms with E-state index in [4.69, 9.17) is 9.47 Å². The Balaban J connectivity index is 2.87. The molecule has 0 bridgehead atoms. The van der Waals surface area contributed by atoms with Crippen LogP contribution in [0.2, 0.25) is 0 Å². The summed E-state index contributed by atoms with van der Waals surface area (Å²) in [7, 11) is 1.49. The van der Waals surface area contributed by atoms with Gasteiger partial charge in [-0.2, -0.15) is 4.98 Å². The fourth-order valence-electron chi connectivity index (χ4n) is 1.88. The Morgan fingerprint density at radius 3 is 2.45 bits per heavy atom. The van der Waals surface area contributed by atoms with Gasteiger partial charge in [-0.3, -0.25) is 0 Å². The molecule has 0 fully saturated rings. The van der Waals surface area contributed by atoms with Crippen molar-refractivity contribution < 1.29 is 18.3 Å². The van der Waals surface area contributed by atoms with Crippen LogP contribution in [0.25, 0.3) is 0 Å². The number of methoxy groups -OCH3 is 1. The lowest BCUT2D eigenvalue weighted by atomic mass is 10.0. The van der Waals surface area contributed by atoms with Crippen molar-refractivity contribution in [2.45, 2.75) is 45.7 Å². The van der Waals surface area contributed by atoms with Crippen molar-refractivity contribution in [2.24, 2.45) is 0 Å². The summed E-state index contributed by atoms with van der Waals surface area (Å²) in [6, 6.07) is 3.36. The number of hydrogen-bond acceptors (Lipinski definition) is 4. The molecule has 1 heterocycles. The zero-order valence-electron chi connectivity index (χ0n) is 12.5. The third kappa shape index (κ3) is 5.28. The van der Waals surface area contributed by atoms with Crippen molar-refractivity contribution in [3.63, 3.8) is 0 Å². The highest BCUT2D eigenvalue weighted by Gasteiger charge is 2.19. The zero-order valence-corrected chi connectivity index (χ0v) is 12.5. The number of hydrogen-bond donors (Lipinski definition) is 1. The highest BCUT2D eigenvalue weighted by atomic mass is 19.3. The molecular formula is C14H22F2N2O2. The predicted molar refractivity (Wildman–Crippen MR) is 73.6 cm³/mol. The molecular weight excluding hydrogens is 266 g/mol. The Morgan fingerprint density at radius 1 is 1.30 bits per heavy atom. The molecule has 0 radical (unpaired) electrons. The van der Waals surface area contributed by atoms with Crippen LogP contribution in [0.5, 0.6) is 11.8 Å². The molecule has 0 amide bonds. The maximum Gasteiger partial charge on any atom is 0.272 e. The molecule has 1 atom stereocenters. The molecule has 6 heteroatoms. The zero-order chi connectivity index (χ0) is 15.3. The van der Waals surface area contributed by atoms with Crippen LogP contribution in [0.3, 0.4) is 0 Å². The molecule has 20 heavy (non-hydrogen) atoms. The fourth-order valence-corrected chi connectivity index (χ4v) is 1.88. The Morgan fingerprint density at radius 2 is 1.95 bits per heavy atom. The summed E-state index contributed by atoms with van der Waals surface area (Å²) in [5.74, 6) is 0.509. The van der Waals surface area contributed by atoms with Gasteiger partial charge in [0.1, 0.15) is 0 Å². The van der Waals surface area contributed by atoms with E-state index in [0.717, 1.165) is 5.56 Å². The lowest BCUT2D eigenvalue weighted by Gasteiger charge is -2.27. The molecule has 1 rings (SSSR count). The maximum absolute atomic E-state index is 12.1. The van der Waals surface area contributed by atoms with E-state index in [9.17, 15) is 8.78 Å². The Kier molecular flexibility index (Phi) is 5.68. The van der Waals surface area contributed by atoms with Crippen molar-refractivity contribution in [3.05, 3.63) is 17.7 Å². The summed E-state index contributed by atoms with van der Waals surface area (Å²) in [5, 5.41) is 3.40. The second kappa shape index (κ2) is 6.83. The summed E-state index contributed by atoms with van der Waals surface area (Å²) in [6.45, 7) is 7.49. The molecule has 4 nitrogen and oxygen atoms in total. The van der Waals surface area contributed by atoms with Gasteiger partial charge in [0, 0.05) is 23.2 Å². The van der Waals surface area contributed by atoms with Crippen LogP contribution >= 0.6 is 0 Å². The number of nitrogens with one attached hydrogen (secondary N) is 1. The van der Waals surface area contributed by atoms with E-state index < -0.39 is 13.0 Å². The minimum Gasteiger partial charge on any atom is -0.481 e. The molecule has 1 N–H and O–H groups in total. The van der Waals surface area contributed by atoms with E-state index in [1.165, 1.54) is 7.11 Å². The van der Waals surface area contributed by atoms with E-state index in [2.05, 4.69) is 31.1 Å². The molecule has 0 aliphatic heterocycles. The summed E-state index contributed by atoms with van der Waals surface area (Å²) >= 11 is 0. The summed E-state index contributed by atoms with van der Waals surface area (Å²) in [6.07, 6.45) is -2.52. The van der Waals surface area contributed by atoms with E-state index >= 15 is 0 Å². The number of halogens is 2. The quantitative estimate of drug-likeness (QED) is 0.873. The fraction of sp³-hybridized carbons (Fsp3) is 0.643. The van der Waals surface area contributed by atoms with Crippen molar-refractivity contribution >= 4 is 0 Å². The molecule has 114 valence electrons. The third-order valence-corrected chi connectivity index (χ3v) is 2.53. The lowest BCUT2D eigenvalue weighted by molar-refractivity contribution is 0.0792. The molecule has 0 aromatic carbocycles. The summed E-state index contributed by atoms with van der Waals surface area (Å²) < 4.78 is 34.3. The molecule has 1 aromatic heterocycles. The van der Waals surface area contributed by atoms with Crippen LogP contribution in [0.1, 0.15) is 39.3 Å². The number of aromatic nitrogens is 1. The SMILES string of the molecule is COc1nc(OCC(F)F)ccc1C(C)NC(C)(C)C. The second-order valence-corrected chi connectivity index (χ2v) is 5.57. The van der Waals surface area contributed by atoms with Gasteiger partial charge in [0.25, 0.3) is 6.43 Å². The van der Waals surface area contributed by atoms with Crippen LogP contribution in [-0.2, 0) is 0 Å². The van der Waals surface area contributed by atoms with Gasteiger partial charge in [0.2, 0.25) is 11.8 Å². The van der Waals surface area contributed by atoms with Crippen LogP contribution in [0.15, 0.2) is 12.1 Å². The van der Waals surface area contributed by atoms with Gasteiger partial charge in [0.15, 0.2) is 6.61 Å². The van der Waals surface area contributed by atoms with Gasteiger partial charge in [-0.05, 0) is 33.8 Å². The first-order chi connectivity index (χ1) is 9.23. The molecule has 0 saturated heterocycles. The molecule has 1 aromatic rings. The highest BCUT2D eigenvalue weighted by molar-refractivity contribution is 5.33. The Labute approximate surface area is 118 Å². The topological polar surface area (TPSA) is 43.4 Å². The maximum atomic E-state index is 12.1. The first kappa shape index (κ1) is 16.6. The molecule has 0 aliphatic carbocycles. The third-order valence-electron chi connectivity index (χ3n) is 2.53. The minimum absolute atomic E-state index is 0.0154. The van der Waals surface area contributed by atoms with Crippen molar-refractivity contribution in [3.8, 4) is 11.8 Å². The van der Waals surface area contributed by atoms with Crippen LogP contribution in [0, 0.1) is 0 Å². The molecule has 0 aliphatic rings. The molecule has 0 spiro atoms. The Hall–Kier alpha value is -1.43. The van der Waals surface area contributed by atoms with Gasteiger partial charge < -0.3 is 14.8 Å². The van der Waals surface area contributed by atoms with E-state index in [0.29, 0.717) is 5.88 Å². The normalized spacial score (nSPS) is 13.4. The summed E-state index contributed by atoms with van der Waals surface area (Å²) in [5.41, 5.74) is 0.793. The number of pyridine rings is 1. The van der Waals surface area contributed by atoms with Gasteiger partial charge in [-0.25, -0.2) is 8.78 Å². The second-order valence-electron chi connectivity index (χ2n) is 5.57. The predicted octanol–water partition coefficient (Wildman–Crippen LogP) is 3.18. The molecule has 0 saturated carbocycles. The van der Waals surface area contributed by atoms with Gasteiger partial charge in [-0.1, -0.05) is 0 Å². The highest BCUT2D eigenvalue weighted by Crippen LogP contribution is 2.27. The average Bonchev–Trinajstić information content (AvgIpc) is 2.33. The number of nitrogens with zero attached hydrogens (tertiary/aromatic N) is 1. The van der Waals surface area contributed by atoms with Crippen LogP contribution in [0.4, 0.5) is 8.78 Å². The van der Waals surface area contributed by atoms with Crippen molar-refractivity contribution in [1.29, 1.82) is 0 Å². The average molecular weight is 288 g/mol. The standard InChI is InChI=1S/C14H22F2N2O2/c1-9(18-14(2,3)4)10-6-7-12(17-13(10)19-5)20-8-11(15)16/h6-7,9,11,18H,8H2,1-5H3. The van der Waals surface area contributed by atoms with E-state index in [-0.39, 0.29) is 17.5 Å². The molecule has 1 unspecified atom stereocenters. The first-order valence-electron chi connectivity index (χ1n) is 6.46. The lowest BCUT2D eigenvalue weighted by Crippen LogP contribution is -2.37. The number of rotatable bonds is 6. The Bertz CT molecular complexity index is 434. The van der Waals surface area contributed by atoms with Gasteiger partial charge >= 0.3 is 0 Å². The van der Waals surface area contributed by atoms with E-state index in [1.54, 1.807) is 12.1 Å². The van der Waals surface area contributed by atoms with Gasteiger partial charge in [-0.15, -0.1) is 0 Å². The monoisotopic (exact) mass is 288 g/mol. The first-order valence-corrected chi connectivity index (χ1v) is 6.46. The smallest absolute Gasteiger partial charge is 0.272 e. The van der Waals surface area contributed by atoms with Crippen molar-refractivity contribution in [2.75, 3.05) is 13.7 Å². The largest absolute Gasteiger partial charge is 0.481 e. The number of alkyl halides is 2. The van der Waals surface area contributed by atoms with Gasteiger partial charge in [0.05, 0.1) is 7.11 Å². The van der Waals surface area contributed by atoms with E-state index in [1.807, 2.05) is 6.92 Å². The van der Waals surface area contributed by atoms with Crippen LogP contribution in [-0.4, -0.2) is 30.7 Å². The minimum atomic E-state index is -2.52. The summed E-state index contributed by atoms with van der Waals surface area (Å²) in [4.78, 5) is 4.10. The number of ether oxygens (including phenoxy) is 2. The van der Waals surface area contributed by atoms with Crippen LogP contribution < -0.4 is 14.8 Å². The van der Waals surface area contributed by atoms with Crippen molar-refractivity contribution in [1.82, 2.24) is 10.3 Å².